The number of rotatable bonds is 6. The van der Waals surface area contributed by atoms with E-state index in [1.54, 1.807) is 0 Å². The molecule has 1 amide bonds. The molecule has 110 valence electrons. The molecule has 0 spiro atoms. The molecule has 0 aromatic carbocycles. The van der Waals surface area contributed by atoms with Gasteiger partial charge in [-0.05, 0) is 38.8 Å². The molecule has 0 bridgehead atoms. The van der Waals surface area contributed by atoms with Crippen LogP contribution in [-0.2, 0) is 9.59 Å². The van der Waals surface area contributed by atoms with E-state index in [4.69, 9.17) is 5.11 Å². The first-order chi connectivity index (χ1) is 8.90. The predicted octanol–water partition coefficient (Wildman–Crippen LogP) is 1.29. The van der Waals surface area contributed by atoms with E-state index in [-0.39, 0.29) is 18.2 Å². The molecule has 19 heavy (non-hydrogen) atoms. The summed E-state index contributed by atoms with van der Waals surface area (Å²) in [6, 6.07) is 0. The number of aliphatic carboxylic acids is 1. The molecule has 1 saturated heterocycles. The van der Waals surface area contributed by atoms with Gasteiger partial charge in [0.1, 0.15) is 0 Å². The van der Waals surface area contributed by atoms with Gasteiger partial charge in [-0.25, -0.2) is 0 Å². The monoisotopic (exact) mass is 270 g/mol. The van der Waals surface area contributed by atoms with E-state index in [0.717, 1.165) is 32.5 Å². The van der Waals surface area contributed by atoms with Gasteiger partial charge in [0.25, 0.3) is 0 Å². The highest BCUT2D eigenvalue weighted by Gasteiger charge is 2.28. The summed E-state index contributed by atoms with van der Waals surface area (Å²) >= 11 is 0. The van der Waals surface area contributed by atoms with Crippen LogP contribution in [0.3, 0.4) is 0 Å². The van der Waals surface area contributed by atoms with E-state index in [1.807, 2.05) is 30.8 Å². The number of carbonyl (C=O) groups is 2. The third-order valence-electron chi connectivity index (χ3n) is 3.88. The van der Waals surface area contributed by atoms with Crippen LogP contribution in [0, 0.1) is 11.8 Å². The van der Waals surface area contributed by atoms with Crippen LogP contribution in [0.1, 0.15) is 32.6 Å². The lowest BCUT2D eigenvalue weighted by Crippen LogP contribution is -2.42. The van der Waals surface area contributed by atoms with Gasteiger partial charge in [-0.3, -0.25) is 9.59 Å². The molecule has 1 heterocycles. The molecule has 2 atom stereocenters. The minimum Gasteiger partial charge on any atom is -0.481 e. The maximum atomic E-state index is 12.1. The normalized spacial score (nSPS) is 21.5. The minimum absolute atomic E-state index is 0.141. The second-order valence-corrected chi connectivity index (χ2v) is 5.87. The summed E-state index contributed by atoms with van der Waals surface area (Å²) < 4.78 is 0. The predicted molar refractivity (Wildman–Crippen MR) is 73.9 cm³/mol. The zero-order valence-electron chi connectivity index (χ0n) is 12.3. The highest BCUT2D eigenvalue weighted by molar-refractivity contribution is 5.76. The van der Waals surface area contributed by atoms with Crippen molar-refractivity contribution in [2.45, 2.75) is 32.6 Å². The van der Waals surface area contributed by atoms with Gasteiger partial charge in [0, 0.05) is 32.5 Å². The second kappa shape index (κ2) is 7.48. The number of carbonyl (C=O) groups excluding carboxylic acids is 1. The maximum absolute atomic E-state index is 12.1. The van der Waals surface area contributed by atoms with Crippen LogP contribution in [0.15, 0.2) is 0 Å². The summed E-state index contributed by atoms with van der Waals surface area (Å²) in [5.74, 6) is -0.0837. The van der Waals surface area contributed by atoms with Gasteiger partial charge < -0.3 is 14.9 Å². The van der Waals surface area contributed by atoms with Crippen molar-refractivity contribution < 1.29 is 14.7 Å². The Morgan fingerprint density at radius 3 is 2.68 bits per heavy atom. The molecule has 0 aliphatic carbocycles. The SMILES string of the molecule is CC(CC(=O)O)C1CCCN(C(=O)CCN(C)C)C1. The van der Waals surface area contributed by atoms with E-state index in [1.165, 1.54) is 0 Å². The van der Waals surface area contributed by atoms with Crippen molar-refractivity contribution in [2.24, 2.45) is 11.8 Å². The number of amides is 1. The Hall–Kier alpha value is -1.10. The molecule has 1 aliphatic rings. The summed E-state index contributed by atoms with van der Waals surface area (Å²) in [5, 5.41) is 8.85. The topological polar surface area (TPSA) is 60.9 Å². The fourth-order valence-electron chi connectivity index (χ4n) is 2.62. The molecule has 0 saturated carbocycles. The lowest BCUT2D eigenvalue weighted by molar-refractivity contribution is -0.138. The Morgan fingerprint density at radius 2 is 2.11 bits per heavy atom. The Kier molecular flexibility index (Phi) is 6.28. The average molecular weight is 270 g/mol. The number of carboxylic acids is 1. The molecule has 1 rings (SSSR count). The molecule has 1 fully saturated rings. The van der Waals surface area contributed by atoms with Crippen LogP contribution in [-0.4, -0.2) is 60.5 Å². The largest absolute Gasteiger partial charge is 0.481 e. The van der Waals surface area contributed by atoms with Crippen molar-refractivity contribution in [1.82, 2.24) is 9.80 Å². The summed E-state index contributed by atoms with van der Waals surface area (Å²) in [6.45, 7) is 4.29. The zero-order valence-corrected chi connectivity index (χ0v) is 12.3. The standard InChI is InChI=1S/C14H26N2O3/c1-11(9-14(18)19)12-5-4-7-16(10-12)13(17)6-8-15(2)3/h11-12H,4-10H2,1-3H3,(H,18,19). The maximum Gasteiger partial charge on any atom is 0.303 e. The number of hydrogen-bond acceptors (Lipinski definition) is 3. The summed E-state index contributed by atoms with van der Waals surface area (Å²) in [7, 11) is 3.92. The first kappa shape index (κ1) is 16.0. The van der Waals surface area contributed by atoms with Crippen molar-refractivity contribution >= 4 is 11.9 Å². The van der Waals surface area contributed by atoms with E-state index in [2.05, 4.69) is 0 Å². The Morgan fingerprint density at radius 1 is 1.42 bits per heavy atom. The van der Waals surface area contributed by atoms with Crippen LogP contribution in [0.4, 0.5) is 0 Å². The molecule has 5 heteroatoms. The quantitative estimate of drug-likeness (QED) is 0.790. The molecule has 2 unspecified atom stereocenters. The minimum atomic E-state index is -0.747. The Balaban J connectivity index is 2.45. The number of hydrogen-bond donors (Lipinski definition) is 1. The van der Waals surface area contributed by atoms with Crippen molar-refractivity contribution in [2.75, 3.05) is 33.7 Å². The molecule has 0 aromatic rings. The first-order valence-electron chi connectivity index (χ1n) is 7.04. The van der Waals surface area contributed by atoms with E-state index in [0.29, 0.717) is 12.3 Å². The van der Waals surface area contributed by atoms with E-state index in [9.17, 15) is 9.59 Å². The van der Waals surface area contributed by atoms with Crippen molar-refractivity contribution in [1.29, 1.82) is 0 Å². The highest BCUT2D eigenvalue weighted by Crippen LogP contribution is 2.26. The van der Waals surface area contributed by atoms with Gasteiger partial charge in [0.15, 0.2) is 0 Å². The third kappa shape index (κ3) is 5.59. The van der Waals surface area contributed by atoms with Crippen molar-refractivity contribution in [3.8, 4) is 0 Å². The van der Waals surface area contributed by atoms with Gasteiger partial charge in [-0.2, -0.15) is 0 Å². The Bertz CT molecular complexity index is 318. The van der Waals surface area contributed by atoms with Gasteiger partial charge in [-0.15, -0.1) is 0 Å². The van der Waals surface area contributed by atoms with Crippen molar-refractivity contribution in [3.63, 3.8) is 0 Å². The fourth-order valence-corrected chi connectivity index (χ4v) is 2.62. The van der Waals surface area contributed by atoms with Gasteiger partial charge >= 0.3 is 5.97 Å². The van der Waals surface area contributed by atoms with Crippen LogP contribution in [0.25, 0.3) is 0 Å². The fraction of sp³-hybridized carbons (Fsp3) is 0.857. The molecule has 5 nitrogen and oxygen atoms in total. The highest BCUT2D eigenvalue weighted by atomic mass is 16.4. The lowest BCUT2D eigenvalue weighted by Gasteiger charge is -2.35. The molecule has 1 aliphatic heterocycles. The summed E-state index contributed by atoms with van der Waals surface area (Å²) in [4.78, 5) is 26.8. The first-order valence-corrected chi connectivity index (χ1v) is 7.04. The van der Waals surface area contributed by atoms with Crippen LogP contribution in [0.2, 0.25) is 0 Å². The van der Waals surface area contributed by atoms with Crippen LogP contribution >= 0.6 is 0 Å². The number of nitrogens with zero attached hydrogens (tertiary/aromatic N) is 2. The van der Waals surface area contributed by atoms with Gasteiger partial charge in [0.2, 0.25) is 5.91 Å². The van der Waals surface area contributed by atoms with Crippen LogP contribution < -0.4 is 0 Å². The zero-order chi connectivity index (χ0) is 14.4. The number of likely N-dealkylation sites (tertiary alicyclic amines) is 1. The van der Waals surface area contributed by atoms with E-state index >= 15 is 0 Å². The van der Waals surface area contributed by atoms with Gasteiger partial charge in [0.05, 0.1) is 0 Å². The molecular formula is C14H26N2O3. The van der Waals surface area contributed by atoms with E-state index < -0.39 is 5.97 Å². The summed E-state index contributed by atoms with van der Waals surface area (Å²) in [5.41, 5.74) is 0. The number of carboxylic acid groups (broad SMARTS) is 1. The molecule has 1 N–H and O–H groups in total. The molecule has 0 radical (unpaired) electrons. The lowest BCUT2D eigenvalue weighted by atomic mass is 9.84. The number of piperidine rings is 1. The molecular weight excluding hydrogens is 244 g/mol. The van der Waals surface area contributed by atoms with Crippen molar-refractivity contribution in [3.05, 3.63) is 0 Å². The van der Waals surface area contributed by atoms with Crippen LogP contribution in [0.5, 0.6) is 0 Å². The molecule has 0 aromatic heterocycles. The third-order valence-corrected chi connectivity index (χ3v) is 3.88. The smallest absolute Gasteiger partial charge is 0.303 e. The second-order valence-electron chi connectivity index (χ2n) is 5.87. The average Bonchev–Trinajstić information content (AvgIpc) is 2.35. The Labute approximate surface area is 115 Å². The van der Waals surface area contributed by atoms with Gasteiger partial charge in [-0.1, -0.05) is 6.92 Å². The summed E-state index contributed by atoms with van der Waals surface area (Å²) in [6.07, 6.45) is 2.77.